The molecule has 1 aromatic rings. The average Bonchev–Trinajstić information content (AvgIpc) is 2.18. The summed E-state index contributed by atoms with van der Waals surface area (Å²) in [4.78, 5) is 24.1. The smallest absolute Gasteiger partial charge is 0.298 e. The third-order valence-corrected chi connectivity index (χ3v) is 1.67. The Labute approximate surface area is 85.5 Å². The van der Waals surface area contributed by atoms with Crippen molar-refractivity contribution in [1.82, 2.24) is 0 Å². The van der Waals surface area contributed by atoms with Gasteiger partial charge in [0, 0.05) is 0 Å². The minimum atomic E-state index is -0.841. The second kappa shape index (κ2) is 5.58. The van der Waals surface area contributed by atoms with Crippen LogP contribution in [0.1, 0.15) is 5.56 Å². The average molecular weight is 211 g/mol. The van der Waals surface area contributed by atoms with Gasteiger partial charge in [-0.2, -0.15) is 0 Å². The molecule has 1 rings (SSSR count). The Morgan fingerprint density at radius 1 is 1.47 bits per heavy atom. The van der Waals surface area contributed by atoms with Crippen LogP contribution in [0.3, 0.4) is 0 Å². The first-order chi connectivity index (χ1) is 7.22. The van der Waals surface area contributed by atoms with Crippen LogP contribution in [0.4, 0.5) is 0 Å². The predicted molar refractivity (Wildman–Crippen MR) is 49.8 cm³/mol. The summed E-state index contributed by atoms with van der Waals surface area (Å²) in [7, 11) is 0. The number of nitrogens with zero attached hydrogens (tertiary/aromatic N) is 1. The molecule has 0 aliphatic carbocycles. The van der Waals surface area contributed by atoms with Gasteiger partial charge in [-0.05, 0) is 24.1 Å². The SMILES string of the molecule is O=COc1cccc(CCO[N+](=O)[O-])c1. The summed E-state index contributed by atoms with van der Waals surface area (Å²) < 4.78 is 4.62. The van der Waals surface area contributed by atoms with Gasteiger partial charge in [0.05, 0.1) is 0 Å². The molecule has 0 bridgehead atoms. The lowest BCUT2D eigenvalue weighted by molar-refractivity contribution is -0.757. The van der Waals surface area contributed by atoms with E-state index in [1.165, 1.54) is 0 Å². The van der Waals surface area contributed by atoms with E-state index in [9.17, 15) is 14.9 Å². The molecule has 0 amide bonds. The molecule has 0 N–H and O–H groups in total. The van der Waals surface area contributed by atoms with Crippen LogP contribution in [-0.4, -0.2) is 18.2 Å². The van der Waals surface area contributed by atoms with E-state index in [4.69, 9.17) is 0 Å². The van der Waals surface area contributed by atoms with E-state index in [1.807, 2.05) is 0 Å². The normalized spacial score (nSPS) is 9.33. The number of carbonyl (C=O) groups excluding carboxylic acids is 1. The highest BCUT2D eigenvalue weighted by molar-refractivity contribution is 5.45. The zero-order valence-corrected chi connectivity index (χ0v) is 7.79. The van der Waals surface area contributed by atoms with E-state index in [0.29, 0.717) is 18.6 Å². The highest BCUT2D eigenvalue weighted by Crippen LogP contribution is 2.12. The van der Waals surface area contributed by atoms with Gasteiger partial charge in [-0.1, -0.05) is 12.1 Å². The maximum absolute atomic E-state index is 10.1. The largest absolute Gasteiger partial charge is 0.429 e. The van der Waals surface area contributed by atoms with Crippen LogP contribution in [0.5, 0.6) is 5.75 Å². The monoisotopic (exact) mass is 211 g/mol. The van der Waals surface area contributed by atoms with E-state index in [-0.39, 0.29) is 6.61 Å². The Bertz CT molecular complexity index is 352. The van der Waals surface area contributed by atoms with Crippen molar-refractivity contribution in [3.05, 3.63) is 39.9 Å². The molecule has 80 valence electrons. The van der Waals surface area contributed by atoms with Crippen LogP contribution in [0.15, 0.2) is 24.3 Å². The third-order valence-electron chi connectivity index (χ3n) is 1.67. The number of hydrogen-bond acceptors (Lipinski definition) is 5. The highest BCUT2D eigenvalue weighted by atomic mass is 16.9. The van der Waals surface area contributed by atoms with Crippen molar-refractivity contribution in [1.29, 1.82) is 0 Å². The molecule has 1 aromatic carbocycles. The summed E-state index contributed by atoms with van der Waals surface area (Å²) in [6, 6.07) is 6.70. The molecule has 0 spiro atoms. The molecule has 0 unspecified atom stereocenters. The van der Waals surface area contributed by atoms with Gasteiger partial charge in [0.25, 0.3) is 11.6 Å². The zero-order chi connectivity index (χ0) is 11.1. The lowest BCUT2D eigenvalue weighted by Gasteiger charge is -2.02. The van der Waals surface area contributed by atoms with Crippen molar-refractivity contribution in [3.8, 4) is 5.75 Å². The summed E-state index contributed by atoms with van der Waals surface area (Å²) >= 11 is 0. The highest BCUT2D eigenvalue weighted by Gasteiger charge is 1.99. The minimum Gasteiger partial charge on any atom is -0.429 e. The second-order valence-electron chi connectivity index (χ2n) is 2.67. The maximum atomic E-state index is 10.1. The van der Waals surface area contributed by atoms with Gasteiger partial charge in [0.2, 0.25) is 0 Å². The van der Waals surface area contributed by atoms with E-state index < -0.39 is 5.09 Å². The van der Waals surface area contributed by atoms with Crippen LogP contribution in [0, 0.1) is 10.1 Å². The molecule has 0 heterocycles. The molecular formula is C9H9NO5. The predicted octanol–water partition coefficient (Wildman–Crippen LogP) is 0.973. The van der Waals surface area contributed by atoms with E-state index in [1.54, 1.807) is 24.3 Å². The first-order valence-corrected chi connectivity index (χ1v) is 4.19. The summed E-state index contributed by atoms with van der Waals surface area (Å²) in [5.41, 5.74) is 0.802. The number of hydrogen-bond donors (Lipinski definition) is 0. The fourth-order valence-electron chi connectivity index (χ4n) is 1.07. The van der Waals surface area contributed by atoms with Gasteiger partial charge in [0.1, 0.15) is 12.4 Å². The van der Waals surface area contributed by atoms with Crippen molar-refractivity contribution < 1.29 is 19.5 Å². The minimum absolute atomic E-state index is 0.0163. The van der Waals surface area contributed by atoms with Crippen LogP contribution >= 0.6 is 0 Å². The number of ether oxygens (including phenoxy) is 1. The molecule has 0 saturated carbocycles. The second-order valence-corrected chi connectivity index (χ2v) is 2.67. The molecule has 0 atom stereocenters. The number of rotatable bonds is 6. The van der Waals surface area contributed by atoms with Crippen molar-refractivity contribution in [2.45, 2.75) is 6.42 Å². The summed E-state index contributed by atoms with van der Waals surface area (Å²) in [6.45, 7) is 0.310. The van der Waals surface area contributed by atoms with Gasteiger partial charge in [-0.15, -0.1) is 10.1 Å². The lowest BCUT2D eigenvalue weighted by Crippen LogP contribution is -2.04. The molecule has 0 saturated heterocycles. The summed E-state index contributed by atoms with van der Waals surface area (Å²) in [6.07, 6.45) is 0.386. The Hall–Kier alpha value is -2.11. The summed E-state index contributed by atoms with van der Waals surface area (Å²) in [5, 5.41) is 9.03. The van der Waals surface area contributed by atoms with E-state index >= 15 is 0 Å². The Balaban J connectivity index is 2.49. The molecule has 0 aliphatic rings. The zero-order valence-electron chi connectivity index (χ0n) is 7.79. The van der Waals surface area contributed by atoms with Gasteiger partial charge in [-0.25, -0.2) is 0 Å². The Kier molecular flexibility index (Phi) is 4.08. The van der Waals surface area contributed by atoms with Crippen LogP contribution in [0.25, 0.3) is 0 Å². The third kappa shape index (κ3) is 4.08. The molecule has 0 radical (unpaired) electrons. The first kappa shape index (κ1) is 11.0. The number of benzene rings is 1. The van der Waals surface area contributed by atoms with Gasteiger partial charge < -0.3 is 9.57 Å². The van der Waals surface area contributed by atoms with Gasteiger partial charge >= 0.3 is 0 Å². The van der Waals surface area contributed by atoms with Crippen LogP contribution in [-0.2, 0) is 16.1 Å². The lowest BCUT2D eigenvalue weighted by atomic mass is 10.1. The molecular weight excluding hydrogens is 202 g/mol. The van der Waals surface area contributed by atoms with Crippen molar-refractivity contribution >= 4 is 6.47 Å². The molecule has 6 heteroatoms. The van der Waals surface area contributed by atoms with Gasteiger partial charge in [-0.3, -0.25) is 4.79 Å². The first-order valence-electron chi connectivity index (χ1n) is 4.19. The van der Waals surface area contributed by atoms with Crippen molar-refractivity contribution in [2.24, 2.45) is 0 Å². The molecule has 15 heavy (non-hydrogen) atoms. The van der Waals surface area contributed by atoms with Crippen LogP contribution in [0.2, 0.25) is 0 Å². The number of carbonyl (C=O) groups is 1. The maximum Gasteiger partial charge on any atom is 0.298 e. The van der Waals surface area contributed by atoms with Gasteiger partial charge in [0.15, 0.2) is 0 Å². The Morgan fingerprint density at radius 3 is 2.93 bits per heavy atom. The van der Waals surface area contributed by atoms with Crippen LogP contribution < -0.4 is 4.74 Å². The molecule has 0 aromatic heterocycles. The van der Waals surface area contributed by atoms with E-state index in [0.717, 1.165) is 5.56 Å². The van der Waals surface area contributed by atoms with E-state index in [2.05, 4.69) is 9.57 Å². The standard InChI is InChI=1S/C9H9NO5/c11-7-14-9-3-1-2-8(6-9)4-5-15-10(12)13/h1-3,6-7H,4-5H2. The van der Waals surface area contributed by atoms with Crippen molar-refractivity contribution in [2.75, 3.05) is 6.61 Å². The summed E-state index contributed by atoms with van der Waals surface area (Å²) in [5.74, 6) is 0.406. The molecule has 6 nitrogen and oxygen atoms in total. The van der Waals surface area contributed by atoms with Crippen molar-refractivity contribution in [3.63, 3.8) is 0 Å². The topological polar surface area (TPSA) is 78.7 Å². The quantitative estimate of drug-likeness (QED) is 0.398. The fraction of sp³-hybridized carbons (Fsp3) is 0.222. The molecule has 0 aliphatic heterocycles. The fourth-order valence-corrected chi connectivity index (χ4v) is 1.07. The Morgan fingerprint density at radius 2 is 2.27 bits per heavy atom. The molecule has 0 fully saturated rings.